The van der Waals surface area contributed by atoms with Crippen molar-refractivity contribution >= 4 is 45.8 Å². The molecule has 2 aromatic carbocycles. The molecular weight excluding hydrogens is 359 g/mol. The van der Waals surface area contributed by atoms with Crippen LogP contribution in [0.2, 0.25) is 10.0 Å². The number of para-hydroxylation sites is 1. The molecule has 4 nitrogen and oxygen atoms in total. The Morgan fingerprint density at radius 3 is 2.84 bits per heavy atom. The van der Waals surface area contributed by atoms with Gasteiger partial charge in [0.25, 0.3) is 5.56 Å². The maximum atomic E-state index is 12.8. The minimum atomic E-state index is -0.118. The molecule has 1 aliphatic rings. The van der Waals surface area contributed by atoms with Gasteiger partial charge in [0.15, 0.2) is 0 Å². The summed E-state index contributed by atoms with van der Waals surface area (Å²) in [6.07, 6.45) is 2.74. The maximum absolute atomic E-state index is 12.8. The number of benzene rings is 2. The molecule has 3 aromatic rings. The Labute approximate surface area is 154 Å². The number of methoxy groups -OCH3 is 1. The number of hydrogen-bond donors (Lipinski definition) is 0. The number of hydrogen-bond acceptors (Lipinski definition) is 3. The predicted molar refractivity (Wildman–Crippen MR) is 102 cm³/mol. The Bertz CT molecular complexity index is 1090. The van der Waals surface area contributed by atoms with Crippen LogP contribution < -0.4 is 10.3 Å². The highest BCUT2D eigenvalue weighted by Crippen LogP contribution is 2.32. The fourth-order valence-electron chi connectivity index (χ4n) is 3.16. The van der Waals surface area contributed by atoms with E-state index in [0.29, 0.717) is 33.3 Å². The smallest absolute Gasteiger partial charge is 0.261 e. The zero-order chi connectivity index (χ0) is 17.6. The standard InChI is InChI=1S/C19H14Cl2N2O2/c1-25-16-5-3-2-4-11(16)8-12-6-7-23-18(12)22-17-14(19(23)24)9-13(20)10-15(17)21/h2-5,8-10H,6-7H2,1H3/b12-8+. The van der Waals surface area contributed by atoms with E-state index in [1.54, 1.807) is 23.8 Å². The van der Waals surface area contributed by atoms with E-state index in [-0.39, 0.29) is 5.56 Å². The zero-order valence-corrected chi connectivity index (χ0v) is 14.9. The SMILES string of the molecule is COc1ccccc1/C=C1\CCn2c1nc1c(Cl)cc(Cl)cc1c2=O. The van der Waals surface area contributed by atoms with Crippen LogP contribution in [0.5, 0.6) is 5.75 Å². The van der Waals surface area contributed by atoms with Gasteiger partial charge in [-0.25, -0.2) is 4.98 Å². The Kier molecular flexibility index (Phi) is 4.02. The second kappa shape index (κ2) is 6.21. The summed E-state index contributed by atoms with van der Waals surface area (Å²) in [5, 5.41) is 1.26. The number of rotatable bonds is 2. The Hall–Kier alpha value is -2.30. The number of halogens is 2. The third-order valence-electron chi connectivity index (χ3n) is 4.34. The first-order valence-corrected chi connectivity index (χ1v) is 8.57. The van der Waals surface area contributed by atoms with Crippen LogP contribution >= 0.6 is 23.2 Å². The number of fused-ring (bicyclic) bond motifs is 2. The molecule has 6 heteroatoms. The van der Waals surface area contributed by atoms with Gasteiger partial charge in [0, 0.05) is 17.1 Å². The van der Waals surface area contributed by atoms with Crippen molar-refractivity contribution in [1.29, 1.82) is 0 Å². The molecule has 126 valence electrons. The minimum absolute atomic E-state index is 0.118. The average molecular weight is 373 g/mol. The molecule has 25 heavy (non-hydrogen) atoms. The average Bonchev–Trinajstić information content (AvgIpc) is 3.00. The van der Waals surface area contributed by atoms with Gasteiger partial charge < -0.3 is 4.74 Å². The van der Waals surface area contributed by atoms with E-state index >= 15 is 0 Å². The molecule has 0 N–H and O–H groups in total. The molecule has 1 aliphatic heterocycles. The van der Waals surface area contributed by atoms with Crippen molar-refractivity contribution in [3.63, 3.8) is 0 Å². The molecule has 0 saturated heterocycles. The van der Waals surface area contributed by atoms with E-state index < -0.39 is 0 Å². The highest BCUT2D eigenvalue weighted by molar-refractivity contribution is 6.38. The molecule has 0 fully saturated rings. The summed E-state index contributed by atoms with van der Waals surface area (Å²) in [7, 11) is 1.64. The maximum Gasteiger partial charge on any atom is 0.261 e. The molecule has 2 heterocycles. The Balaban J connectivity index is 1.94. The lowest BCUT2D eigenvalue weighted by atomic mass is 10.1. The molecule has 0 spiro atoms. The molecule has 0 amide bonds. The molecule has 0 radical (unpaired) electrons. The Morgan fingerprint density at radius 1 is 1.24 bits per heavy atom. The van der Waals surface area contributed by atoms with Crippen LogP contribution in [-0.2, 0) is 6.54 Å². The highest BCUT2D eigenvalue weighted by atomic mass is 35.5. The fraction of sp³-hybridized carbons (Fsp3) is 0.158. The summed E-state index contributed by atoms with van der Waals surface area (Å²) >= 11 is 12.3. The zero-order valence-electron chi connectivity index (χ0n) is 13.4. The van der Waals surface area contributed by atoms with Gasteiger partial charge in [-0.05, 0) is 36.3 Å². The molecule has 0 aliphatic carbocycles. The van der Waals surface area contributed by atoms with E-state index in [0.717, 1.165) is 23.3 Å². The summed E-state index contributed by atoms with van der Waals surface area (Å²) in [4.78, 5) is 17.5. The number of aromatic nitrogens is 2. The van der Waals surface area contributed by atoms with Crippen molar-refractivity contribution in [2.24, 2.45) is 0 Å². The van der Waals surface area contributed by atoms with E-state index in [2.05, 4.69) is 4.98 Å². The van der Waals surface area contributed by atoms with Crippen molar-refractivity contribution in [1.82, 2.24) is 9.55 Å². The summed E-state index contributed by atoms with van der Waals surface area (Å²) in [5.74, 6) is 1.43. The summed E-state index contributed by atoms with van der Waals surface area (Å²) in [6.45, 7) is 0.586. The predicted octanol–water partition coefficient (Wildman–Crippen LogP) is 4.66. The van der Waals surface area contributed by atoms with E-state index in [9.17, 15) is 4.79 Å². The van der Waals surface area contributed by atoms with Crippen LogP contribution in [0.15, 0.2) is 41.2 Å². The van der Waals surface area contributed by atoms with Gasteiger partial charge in [-0.15, -0.1) is 0 Å². The number of nitrogens with zero attached hydrogens (tertiary/aromatic N) is 2. The van der Waals surface area contributed by atoms with Crippen molar-refractivity contribution in [2.75, 3.05) is 7.11 Å². The van der Waals surface area contributed by atoms with Crippen molar-refractivity contribution in [3.05, 3.63) is 68.2 Å². The van der Waals surface area contributed by atoms with Crippen LogP contribution in [0.1, 0.15) is 17.8 Å². The van der Waals surface area contributed by atoms with Crippen molar-refractivity contribution in [2.45, 2.75) is 13.0 Å². The molecule has 1 aromatic heterocycles. The van der Waals surface area contributed by atoms with Gasteiger partial charge in [-0.3, -0.25) is 9.36 Å². The number of allylic oxidation sites excluding steroid dienone is 1. The summed E-state index contributed by atoms with van der Waals surface area (Å²) in [5.41, 5.74) is 2.29. The van der Waals surface area contributed by atoms with Crippen LogP contribution in [0.25, 0.3) is 22.6 Å². The van der Waals surface area contributed by atoms with Gasteiger partial charge in [-0.2, -0.15) is 0 Å². The van der Waals surface area contributed by atoms with Crippen LogP contribution in [-0.4, -0.2) is 16.7 Å². The van der Waals surface area contributed by atoms with E-state index in [1.165, 1.54) is 0 Å². The first kappa shape index (κ1) is 16.2. The van der Waals surface area contributed by atoms with Gasteiger partial charge in [0.05, 0.1) is 23.0 Å². The molecular formula is C19H14Cl2N2O2. The highest BCUT2D eigenvalue weighted by Gasteiger charge is 2.22. The van der Waals surface area contributed by atoms with Gasteiger partial charge in [0.2, 0.25) is 0 Å². The normalized spacial score (nSPS) is 14.9. The van der Waals surface area contributed by atoms with Gasteiger partial charge >= 0.3 is 0 Å². The lowest BCUT2D eigenvalue weighted by Gasteiger charge is -2.08. The second-order valence-corrected chi connectivity index (χ2v) is 6.68. The van der Waals surface area contributed by atoms with Gasteiger partial charge in [-0.1, -0.05) is 41.4 Å². The van der Waals surface area contributed by atoms with Crippen molar-refractivity contribution in [3.8, 4) is 5.75 Å². The molecule has 0 unspecified atom stereocenters. The Morgan fingerprint density at radius 2 is 2.04 bits per heavy atom. The lowest BCUT2D eigenvalue weighted by molar-refractivity contribution is 0.414. The topological polar surface area (TPSA) is 44.1 Å². The molecule has 0 saturated carbocycles. The second-order valence-electron chi connectivity index (χ2n) is 5.84. The first-order chi connectivity index (χ1) is 12.1. The van der Waals surface area contributed by atoms with Crippen LogP contribution in [0.4, 0.5) is 0 Å². The number of ether oxygens (including phenoxy) is 1. The van der Waals surface area contributed by atoms with Gasteiger partial charge in [0.1, 0.15) is 11.6 Å². The monoisotopic (exact) mass is 372 g/mol. The minimum Gasteiger partial charge on any atom is -0.496 e. The summed E-state index contributed by atoms with van der Waals surface area (Å²) < 4.78 is 7.08. The lowest BCUT2D eigenvalue weighted by Crippen LogP contribution is -2.20. The molecule has 0 atom stereocenters. The largest absolute Gasteiger partial charge is 0.496 e. The molecule has 0 bridgehead atoms. The summed E-state index contributed by atoms with van der Waals surface area (Å²) in [6, 6.07) is 11.0. The third-order valence-corrected chi connectivity index (χ3v) is 4.84. The third kappa shape index (κ3) is 2.71. The fourth-order valence-corrected chi connectivity index (χ4v) is 3.69. The van der Waals surface area contributed by atoms with Crippen LogP contribution in [0, 0.1) is 0 Å². The molecule has 4 rings (SSSR count). The van der Waals surface area contributed by atoms with E-state index in [4.69, 9.17) is 27.9 Å². The van der Waals surface area contributed by atoms with Crippen LogP contribution in [0.3, 0.4) is 0 Å². The first-order valence-electron chi connectivity index (χ1n) is 7.82. The van der Waals surface area contributed by atoms with E-state index in [1.807, 2.05) is 30.3 Å². The van der Waals surface area contributed by atoms with Crippen molar-refractivity contribution < 1.29 is 4.74 Å². The quantitative estimate of drug-likeness (QED) is 0.657.